The van der Waals surface area contributed by atoms with Crippen molar-refractivity contribution >= 4 is 0 Å². The highest BCUT2D eigenvalue weighted by atomic mass is 16.5. The molecule has 0 spiro atoms. The third-order valence-electron chi connectivity index (χ3n) is 2.46. The minimum atomic E-state index is 0.244. The highest BCUT2D eigenvalue weighted by molar-refractivity contribution is 4.99. The first-order valence-corrected chi connectivity index (χ1v) is 4.32. The van der Waals surface area contributed by atoms with Gasteiger partial charge in [-0.25, -0.2) is 0 Å². The van der Waals surface area contributed by atoms with Gasteiger partial charge < -0.3 is 5.21 Å². The van der Waals surface area contributed by atoms with Crippen LogP contribution in [0.4, 0.5) is 0 Å². The van der Waals surface area contributed by atoms with Gasteiger partial charge in [-0.3, -0.25) is 0 Å². The molecule has 11 heavy (non-hydrogen) atoms. The maximum absolute atomic E-state index is 9.17. The molecule has 1 aliphatic rings. The topological polar surface area (TPSA) is 23.5 Å². The predicted molar refractivity (Wildman–Crippen MR) is 45.5 cm³/mol. The Balaban J connectivity index is 2.45. The summed E-state index contributed by atoms with van der Waals surface area (Å²) < 4.78 is 0. The summed E-state index contributed by atoms with van der Waals surface area (Å²) in [5, 5.41) is 10.5. The molecule has 1 rings (SSSR count). The normalized spacial score (nSPS) is 31.3. The lowest BCUT2D eigenvalue weighted by atomic mass is 9.89. The van der Waals surface area contributed by atoms with E-state index in [4.69, 9.17) is 0 Å². The second kappa shape index (κ2) is 3.88. The summed E-state index contributed by atoms with van der Waals surface area (Å²) >= 11 is 0. The van der Waals surface area contributed by atoms with Gasteiger partial charge in [-0.05, 0) is 18.8 Å². The molecule has 2 atom stereocenters. The molecule has 0 bridgehead atoms. The predicted octanol–water partition coefficient (Wildman–Crippen LogP) is 2.05. The molecule has 0 saturated heterocycles. The molecule has 2 unspecified atom stereocenters. The molecule has 2 nitrogen and oxygen atoms in total. The molecule has 0 aromatic carbocycles. The minimum Gasteiger partial charge on any atom is -0.314 e. The van der Waals surface area contributed by atoms with Crippen molar-refractivity contribution in [2.24, 2.45) is 5.92 Å². The Bertz CT molecular complexity index is 142. The van der Waals surface area contributed by atoms with Crippen LogP contribution in [0, 0.1) is 5.92 Å². The third-order valence-corrected chi connectivity index (χ3v) is 2.46. The second-order valence-corrected chi connectivity index (χ2v) is 3.31. The van der Waals surface area contributed by atoms with Crippen molar-refractivity contribution in [3.8, 4) is 0 Å². The smallest absolute Gasteiger partial charge is 0.0529 e. The Morgan fingerprint density at radius 1 is 1.64 bits per heavy atom. The van der Waals surface area contributed by atoms with Crippen LogP contribution in [0.2, 0.25) is 0 Å². The molecule has 0 saturated carbocycles. The van der Waals surface area contributed by atoms with Crippen molar-refractivity contribution in [2.45, 2.75) is 32.2 Å². The molecule has 0 heterocycles. The van der Waals surface area contributed by atoms with Gasteiger partial charge >= 0.3 is 0 Å². The van der Waals surface area contributed by atoms with Crippen LogP contribution in [0.5, 0.6) is 0 Å². The number of hydroxylamine groups is 2. The van der Waals surface area contributed by atoms with Crippen LogP contribution in [-0.4, -0.2) is 23.4 Å². The standard InChI is InChI=1S/C9H17NO/c1-3-8-5-4-6-9(7-8)10(2)11/h4,6,8-9,11H,3,5,7H2,1-2H3. The molecule has 0 amide bonds. The van der Waals surface area contributed by atoms with Gasteiger partial charge in [0, 0.05) is 7.05 Å². The van der Waals surface area contributed by atoms with Gasteiger partial charge in [0.2, 0.25) is 0 Å². The zero-order valence-corrected chi connectivity index (χ0v) is 7.33. The molecule has 0 fully saturated rings. The van der Waals surface area contributed by atoms with Crippen LogP contribution in [0.15, 0.2) is 12.2 Å². The molecular weight excluding hydrogens is 138 g/mol. The summed E-state index contributed by atoms with van der Waals surface area (Å²) in [6, 6.07) is 0.244. The molecule has 64 valence electrons. The van der Waals surface area contributed by atoms with E-state index in [2.05, 4.69) is 19.1 Å². The minimum absolute atomic E-state index is 0.244. The Hall–Kier alpha value is -0.340. The van der Waals surface area contributed by atoms with E-state index in [1.807, 2.05) is 0 Å². The van der Waals surface area contributed by atoms with Crippen molar-refractivity contribution in [1.82, 2.24) is 5.06 Å². The van der Waals surface area contributed by atoms with Crippen LogP contribution in [-0.2, 0) is 0 Å². The maximum atomic E-state index is 9.17. The van der Waals surface area contributed by atoms with E-state index in [0.29, 0.717) is 0 Å². The van der Waals surface area contributed by atoms with Crippen LogP contribution >= 0.6 is 0 Å². The van der Waals surface area contributed by atoms with Gasteiger partial charge in [0.1, 0.15) is 0 Å². The summed E-state index contributed by atoms with van der Waals surface area (Å²) in [6.45, 7) is 2.21. The second-order valence-electron chi connectivity index (χ2n) is 3.31. The number of hydrogen-bond acceptors (Lipinski definition) is 2. The molecular formula is C9H17NO. The summed E-state index contributed by atoms with van der Waals surface area (Å²) in [6.07, 6.45) is 7.76. The van der Waals surface area contributed by atoms with Gasteiger partial charge in [-0.1, -0.05) is 25.5 Å². The number of allylic oxidation sites excluding steroid dienone is 1. The first-order valence-electron chi connectivity index (χ1n) is 4.32. The van der Waals surface area contributed by atoms with E-state index in [-0.39, 0.29) is 6.04 Å². The zero-order valence-electron chi connectivity index (χ0n) is 7.33. The monoisotopic (exact) mass is 155 g/mol. The van der Waals surface area contributed by atoms with Crippen LogP contribution in [0.1, 0.15) is 26.2 Å². The van der Waals surface area contributed by atoms with E-state index in [1.165, 1.54) is 17.9 Å². The van der Waals surface area contributed by atoms with E-state index in [1.54, 1.807) is 7.05 Å². The number of nitrogens with zero attached hydrogens (tertiary/aromatic N) is 1. The molecule has 0 radical (unpaired) electrons. The SMILES string of the molecule is CCC1CC=CC(N(C)O)C1. The lowest BCUT2D eigenvalue weighted by Gasteiger charge is -2.27. The molecule has 1 aliphatic carbocycles. The number of hydrogen-bond donors (Lipinski definition) is 1. The average molecular weight is 155 g/mol. The fraction of sp³-hybridized carbons (Fsp3) is 0.778. The van der Waals surface area contributed by atoms with E-state index in [0.717, 1.165) is 12.3 Å². The summed E-state index contributed by atoms with van der Waals surface area (Å²) in [4.78, 5) is 0. The van der Waals surface area contributed by atoms with E-state index >= 15 is 0 Å². The first-order chi connectivity index (χ1) is 5.24. The van der Waals surface area contributed by atoms with Gasteiger partial charge in [0.15, 0.2) is 0 Å². The lowest BCUT2D eigenvalue weighted by molar-refractivity contribution is -0.0946. The summed E-state index contributed by atoms with van der Waals surface area (Å²) in [7, 11) is 1.72. The van der Waals surface area contributed by atoms with E-state index < -0.39 is 0 Å². The fourth-order valence-electron chi connectivity index (χ4n) is 1.55. The Kier molecular flexibility index (Phi) is 3.09. The van der Waals surface area contributed by atoms with Crippen molar-refractivity contribution in [3.63, 3.8) is 0 Å². The number of rotatable bonds is 2. The van der Waals surface area contributed by atoms with Crippen LogP contribution in [0.25, 0.3) is 0 Å². The van der Waals surface area contributed by atoms with Crippen molar-refractivity contribution in [1.29, 1.82) is 0 Å². The zero-order chi connectivity index (χ0) is 8.27. The summed E-state index contributed by atoms with van der Waals surface area (Å²) in [5.41, 5.74) is 0. The molecule has 1 N–H and O–H groups in total. The van der Waals surface area contributed by atoms with Crippen molar-refractivity contribution in [3.05, 3.63) is 12.2 Å². The Morgan fingerprint density at radius 3 is 2.91 bits per heavy atom. The summed E-state index contributed by atoms with van der Waals surface area (Å²) in [5.74, 6) is 0.764. The highest BCUT2D eigenvalue weighted by Gasteiger charge is 2.18. The largest absolute Gasteiger partial charge is 0.314 e. The highest BCUT2D eigenvalue weighted by Crippen LogP contribution is 2.23. The van der Waals surface area contributed by atoms with Gasteiger partial charge in [-0.2, -0.15) is 5.06 Å². The number of likely N-dealkylation sites (N-methyl/N-ethyl adjacent to an activating group) is 1. The quantitative estimate of drug-likeness (QED) is 0.487. The first kappa shape index (κ1) is 8.75. The average Bonchev–Trinajstić information content (AvgIpc) is 2.05. The molecule has 0 aliphatic heterocycles. The van der Waals surface area contributed by atoms with Gasteiger partial charge in [0.25, 0.3) is 0 Å². The van der Waals surface area contributed by atoms with E-state index in [9.17, 15) is 5.21 Å². The molecule has 0 aromatic heterocycles. The van der Waals surface area contributed by atoms with Crippen LogP contribution < -0.4 is 0 Å². The third kappa shape index (κ3) is 2.31. The van der Waals surface area contributed by atoms with Gasteiger partial charge in [-0.15, -0.1) is 0 Å². The van der Waals surface area contributed by atoms with Crippen molar-refractivity contribution < 1.29 is 5.21 Å². The maximum Gasteiger partial charge on any atom is 0.0529 e. The lowest BCUT2D eigenvalue weighted by Crippen LogP contribution is -2.30. The Morgan fingerprint density at radius 2 is 2.36 bits per heavy atom. The Labute approximate surface area is 68.5 Å². The van der Waals surface area contributed by atoms with Crippen molar-refractivity contribution in [2.75, 3.05) is 7.05 Å². The van der Waals surface area contributed by atoms with Gasteiger partial charge in [0.05, 0.1) is 6.04 Å². The van der Waals surface area contributed by atoms with Crippen LogP contribution in [0.3, 0.4) is 0 Å². The molecule has 0 aromatic rings. The molecule has 2 heteroatoms. The fourth-order valence-corrected chi connectivity index (χ4v) is 1.55.